The SMILES string of the molecule is COC(=O)c1cccc(N2C(=O)C(Cl)=C(Nc3ccc(C(=O)Nc4nc(C)c(C(=O)OC)s4)cc3)C2=O)c1. The third kappa shape index (κ3) is 5.12. The Kier molecular flexibility index (Phi) is 7.55. The van der Waals surface area contributed by atoms with Crippen molar-refractivity contribution in [2.75, 3.05) is 29.8 Å². The number of hydrogen-bond acceptors (Lipinski definition) is 10. The third-order valence-electron chi connectivity index (χ3n) is 5.36. The lowest BCUT2D eigenvalue weighted by Crippen LogP contribution is -2.32. The molecule has 0 fully saturated rings. The van der Waals surface area contributed by atoms with Crippen LogP contribution in [0.3, 0.4) is 0 Å². The summed E-state index contributed by atoms with van der Waals surface area (Å²) in [4.78, 5) is 67.3. The number of nitrogens with zero attached hydrogens (tertiary/aromatic N) is 2. The van der Waals surface area contributed by atoms with Gasteiger partial charge in [-0.05, 0) is 49.4 Å². The Balaban J connectivity index is 1.47. The molecule has 2 N–H and O–H groups in total. The highest BCUT2D eigenvalue weighted by Gasteiger charge is 2.39. The molecular formula is C25H19ClN4O7S. The molecule has 0 unspecified atom stereocenters. The quantitative estimate of drug-likeness (QED) is 0.330. The predicted octanol–water partition coefficient (Wildman–Crippen LogP) is 3.71. The Morgan fingerprint density at radius 2 is 1.63 bits per heavy atom. The molecule has 2 heterocycles. The summed E-state index contributed by atoms with van der Waals surface area (Å²) in [6.45, 7) is 1.63. The summed E-state index contributed by atoms with van der Waals surface area (Å²) in [5, 5.41) is 5.34. The molecule has 1 aliphatic heterocycles. The molecule has 3 amide bonds. The number of aryl methyl sites for hydroxylation is 1. The maximum absolute atomic E-state index is 13.0. The van der Waals surface area contributed by atoms with Crippen molar-refractivity contribution in [2.24, 2.45) is 0 Å². The van der Waals surface area contributed by atoms with Crippen molar-refractivity contribution >= 4 is 69.1 Å². The van der Waals surface area contributed by atoms with Gasteiger partial charge in [-0.2, -0.15) is 0 Å². The van der Waals surface area contributed by atoms with Crippen LogP contribution < -0.4 is 15.5 Å². The van der Waals surface area contributed by atoms with Gasteiger partial charge in [-0.3, -0.25) is 19.7 Å². The van der Waals surface area contributed by atoms with Gasteiger partial charge in [-0.15, -0.1) is 0 Å². The molecule has 0 bridgehead atoms. The van der Waals surface area contributed by atoms with Crippen LogP contribution in [-0.4, -0.2) is 48.9 Å². The molecule has 1 aromatic heterocycles. The number of rotatable bonds is 7. The molecule has 11 nitrogen and oxygen atoms in total. The molecular weight excluding hydrogens is 536 g/mol. The highest BCUT2D eigenvalue weighted by atomic mass is 35.5. The van der Waals surface area contributed by atoms with Crippen LogP contribution in [0.15, 0.2) is 59.3 Å². The number of hydrogen-bond donors (Lipinski definition) is 2. The zero-order valence-electron chi connectivity index (χ0n) is 20.2. The van der Waals surface area contributed by atoms with Gasteiger partial charge in [0.15, 0.2) is 5.13 Å². The molecule has 13 heteroatoms. The molecule has 4 rings (SSSR count). The van der Waals surface area contributed by atoms with E-state index < -0.39 is 29.7 Å². The van der Waals surface area contributed by atoms with E-state index in [4.69, 9.17) is 16.3 Å². The lowest BCUT2D eigenvalue weighted by molar-refractivity contribution is -0.120. The van der Waals surface area contributed by atoms with Crippen LogP contribution >= 0.6 is 22.9 Å². The Hall–Kier alpha value is -4.55. The van der Waals surface area contributed by atoms with E-state index in [0.29, 0.717) is 11.4 Å². The van der Waals surface area contributed by atoms with Crippen molar-refractivity contribution < 1.29 is 33.4 Å². The number of benzene rings is 2. The van der Waals surface area contributed by atoms with E-state index in [2.05, 4.69) is 20.4 Å². The minimum Gasteiger partial charge on any atom is -0.465 e. The Labute approximate surface area is 225 Å². The van der Waals surface area contributed by atoms with Crippen LogP contribution in [0, 0.1) is 6.92 Å². The summed E-state index contributed by atoms with van der Waals surface area (Å²) >= 11 is 7.17. The average molecular weight is 555 g/mol. The van der Waals surface area contributed by atoms with Gasteiger partial charge in [-0.1, -0.05) is 29.0 Å². The van der Waals surface area contributed by atoms with Crippen LogP contribution in [0.5, 0.6) is 0 Å². The number of nitrogens with one attached hydrogen (secondary N) is 2. The van der Waals surface area contributed by atoms with Crippen molar-refractivity contribution in [2.45, 2.75) is 6.92 Å². The second-order valence-electron chi connectivity index (χ2n) is 7.76. The van der Waals surface area contributed by atoms with Crippen LogP contribution in [-0.2, 0) is 19.1 Å². The van der Waals surface area contributed by atoms with Crippen molar-refractivity contribution in [1.82, 2.24) is 4.98 Å². The van der Waals surface area contributed by atoms with Crippen molar-refractivity contribution in [1.29, 1.82) is 0 Å². The lowest BCUT2D eigenvalue weighted by Gasteiger charge is -2.16. The van der Waals surface area contributed by atoms with Crippen molar-refractivity contribution in [3.63, 3.8) is 0 Å². The maximum Gasteiger partial charge on any atom is 0.350 e. The highest BCUT2D eigenvalue weighted by Crippen LogP contribution is 2.31. The number of anilines is 3. The first-order valence-corrected chi connectivity index (χ1v) is 12.0. The molecule has 0 saturated heterocycles. The molecule has 3 aromatic rings. The number of methoxy groups -OCH3 is 2. The number of imide groups is 1. The monoisotopic (exact) mass is 554 g/mol. The molecule has 0 radical (unpaired) electrons. The third-order valence-corrected chi connectivity index (χ3v) is 6.76. The van der Waals surface area contributed by atoms with Gasteiger partial charge in [-0.25, -0.2) is 19.5 Å². The molecule has 194 valence electrons. The van der Waals surface area contributed by atoms with E-state index in [1.165, 1.54) is 62.8 Å². The van der Waals surface area contributed by atoms with Gasteiger partial charge < -0.3 is 14.8 Å². The van der Waals surface area contributed by atoms with Gasteiger partial charge in [0, 0.05) is 11.3 Å². The number of aromatic nitrogens is 1. The smallest absolute Gasteiger partial charge is 0.350 e. The first kappa shape index (κ1) is 26.5. The molecule has 38 heavy (non-hydrogen) atoms. The first-order valence-electron chi connectivity index (χ1n) is 10.9. The summed E-state index contributed by atoms with van der Waals surface area (Å²) in [5.74, 6) is -3.12. The molecule has 0 aliphatic carbocycles. The van der Waals surface area contributed by atoms with E-state index in [1.807, 2.05) is 0 Å². The molecule has 0 spiro atoms. The Morgan fingerprint density at radius 3 is 2.29 bits per heavy atom. The number of carbonyl (C=O) groups excluding carboxylic acids is 5. The summed E-state index contributed by atoms with van der Waals surface area (Å²) < 4.78 is 9.38. The predicted molar refractivity (Wildman–Crippen MR) is 139 cm³/mol. The Bertz CT molecular complexity index is 1510. The van der Waals surface area contributed by atoms with Crippen molar-refractivity contribution in [3.05, 3.63) is 81.0 Å². The highest BCUT2D eigenvalue weighted by molar-refractivity contribution is 7.17. The molecule has 0 saturated carbocycles. The fourth-order valence-corrected chi connectivity index (χ4v) is 4.58. The standard InChI is InChI=1S/C25H19ClN4O7S/c1-12-19(24(35)37-3)38-25(27-12)29-20(31)13-7-9-15(10-8-13)28-18-17(26)21(32)30(22(18)33)16-6-4-5-14(11-16)23(34)36-2/h4-11,28H,1-3H3,(H,27,29,31). The number of thiazole rings is 1. The van der Waals surface area contributed by atoms with E-state index in [1.54, 1.807) is 6.92 Å². The normalized spacial score (nSPS) is 13.0. The minimum atomic E-state index is -0.762. The summed E-state index contributed by atoms with van der Waals surface area (Å²) in [6.07, 6.45) is 0. The summed E-state index contributed by atoms with van der Waals surface area (Å²) in [7, 11) is 2.48. The second-order valence-corrected chi connectivity index (χ2v) is 9.14. The van der Waals surface area contributed by atoms with Crippen LogP contribution in [0.2, 0.25) is 0 Å². The Morgan fingerprint density at radius 1 is 0.947 bits per heavy atom. The zero-order chi connectivity index (χ0) is 27.6. The lowest BCUT2D eigenvalue weighted by atomic mass is 10.2. The van der Waals surface area contributed by atoms with Gasteiger partial charge in [0.2, 0.25) is 0 Å². The van der Waals surface area contributed by atoms with Gasteiger partial charge >= 0.3 is 11.9 Å². The van der Waals surface area contributed by atoms with Gasteiger partial charge in [0.05, 0.1) is 31.2 Å². The van der Waals surface area contributed by atoms with Crippen LogP contribution in [0.1, 0.15) is 36.1 Å². The number of carbonyl (C=O) groups is 5. The number of halogens is 1. The molecule has 1 aliphatic rings. The summed E-state index contributed by atoms with van der Waals surface area (Å²) in [6, 6.07) is 11.9. The number of amides is 3. The molecule has 2 aromatic carbocycles. The van der Waals surface area contributed by atoms with E-state index in [0.717, 1.165) is 16.2 Å². The van der Waals surface area contributed by atoms with Crippen molar-refractivity contribution in [3.8, 4) is 0 Å². The minimum absolute atomic E-state index is 0.151. The number of esters is 2. The number of ether oxygens (including phenoxy) is 2. The largest absolute Gasteiger partial charge is 0.465 e. The topological polar surface area (TPSA) is 144 Å². The van der Waals surface area contributed by atoms with Gasteiger partial charge in [0.1, 0.15) is 15.6 Å². The zero-order valence-corrected chi connectivity index (χ0v) is 21.7. The molecule has 0 atom stereocenters. The second kappa shape index (κ2) is 10.8. The fourth-order valence-electron chi connectivity index (χ4n) is 3.49. The van der Waals surface area contributed by atoms with Gasteiger partial charge in [0.25, 0.3) is 17.7 Å². The summed E-state index contributed by atoms with van der Waals surface area (Å²) in [5.41, 5.74) is 1.25. The fraction of sp³-hybridized carbons (Fsp3) is 0.120. The van der Waals surface area contributed by atoms with Crippen LogP contribution in [0.25, 0.3) is 0 Å². The van der Waals surface area contributed by atoms with E-state index in [-0.39, 0.29) is 37.6 Å². The first-order chi connectivity index (χ1) is 18.1. The average Bonchev–Trinajstić information content (AvgIpc) is 3.39. The maximum atomic E-state index is 13.0. The van der Waals surface area contributed by atoms with E-state index in [9.17, 15) is 24.0 Å². The van der Waals surface area contributed by atoms with E-state index >= 15 is 0 Å². The van der Waals surface area contributed by atoms with Crippen LogP contribution in [0.4, 0.5) is 16.5 Å².